The Labute approximate surface area is 194 Å². The molecule has 1 amide bonds. The lowest BCUT2D eigenvalue weighted by atomic mass is 9.96. The van der Waals surface area contributed by atoms with Crippen LogP contribution >= 0.6 is 0 Å². The van der Waals surface area contributed by atoms with E-state index in [0.717, 1.165) is 50.2 Å². The Morgan fingerprint density at radius 1 is 1.12 bits per heavy atom. The Balaban J connectivity index is 1.78. The molecule has 2 aromatic carbocycles. The van der Waals surface area contributed by atoms with Crippen molar-refractivity contribution in [3.8, 4) is 16.9 Å². The van der Waals surface area contributed by atoms with Crippen molar-refractivity contribution in [1.29, 1.82) is 0 Å². The minimum Gasteiger partial charge on any atom is -0.493 e. The summed E-state index contributed by atoms with van der Waals surface area (Å²) in [5.74, 6) is 1.01. The van der Waals surface area contributed by atoms with Crippen molar-refractivity contribution in [1.82, 2.24) is 4.98 Å². The van der Waals surface area contributed by atoms with Gasteiger partial charge in [-0.3, -0.25) is 4.79 Å². The lowest BCUT2D eigenvalue weighted by Gasteiger charge is -2.15. The van der Waals surface area contributed by atoms with Crippen LogP contribution in [0.15, 0.2) is 65.3 Å². The molecule has 2 aromatic heterocycles. The third kappa shape index (κ3) is 4.67. The number of carbonyl (C=O) groups is 1. The molecule has 4 rings (SSSR count). The maximum atomic E-state index is 12.7. The van der Waals surface area contributed by atoms with Gasteiger partial charge in [-0.15, -0.1) is 0 Å². The molecule has 0 aliphatic rings. The molecule has 0 bridgehead atoms. The van der Waals surface area contributed by atoms with E-state index in [0.29, 0.717) is 12.4 Å². The Morgan fingerprint density at radius 2 is 1.88 bits per heavy atom. The summed E-state index contributed by atoms with van der Waals surface area (Å²) in [7, 11) is 0. The average molecular weight is 441 g/mol. The summed E-state index contributed by atoms with van der Waals surface area (Å²) in [4.78, 5) is 17.0. The van der Waals surface area contributed by atoms with Crippen LogP contribution < -0.4 is 10.1 Å². The molecule has 0 saturated heterocycles. The number of rotatable bonds is 6. The van der Waals surface area contributed by atoms with Crippen molar-refractivity contribution in [2.24, 2.45) is 0 Å². The van der Waals surface area contributed by atoms with Gasteiger partial charge in [0.15, 0.2) is 0 Å². The van der Waals surface area contributed by atoms with Crippen molar-refractivity contribution in [2.75, 3.05) is 11.9 Å². The maximum Gasteiger partial charge on any atom is 0.249 e. The van der Waals surface area contributed by atoms with Gasteiger partial charge in [-0.25, -0.2) is 4.98 Å². The lowest BCUT2D eigenvalue weighted by molar-refractivity contribution is -0.111. The molecule has 2 heterocycles. The van der Waals surface area contributed by atoms with Gasteiger partial charge < -0.3 is 14.5 Å². The van der Waals surface area contributed by atoms with Crippen LogP contribution in [0, 0.1) is 20.8 Å². The van der Waals surface area contributed by atoms with E-state index in [1.54, 1.807) is 18.4 Å². The minimum atomic E-state index is -0.239. The molecule has 4 aromatic rings. The number of allylic oxidation sites excluding steroid dienone is 1. The number of benzene rings is 2. The zero-order valence-corrected chi connectivity index (χ0v) is 19.7. The number of nitrogens with one attached hydrogen (secondary N) is 1. The van der Waals surface area contributed by atoms with Gasteiger partial charge in [0.1, 0.15) is 17.2 Å². The van der Waals surface area contributed by atoms with Gasteiger partial charge in [-0.05, 0) is 64.0 Å². The van der Waals surface area contributed by atoms with Crippen LogP contribution in [-0.4, -0.2) is 17.5 Å². The number of furan rings is 1. The summed E-state index contributed by atoms with van der Waals surface area (Å²) < 4.78 is 12.0. The van der Waals surface area contributed by atoms with Crippen LogP contribution in [0.1, 0.15) is 36.2 Å². The van der Waals surface area contributed by atoms with Crippen molar-refractivity contribution < 1.29 is 13.9 Å². The SMILES string of the molecule is CCOc1c(/C(C)=C/C(=O)Nc2cccc(C)n2)cc2c(-c3ccc(C)cc3)coc2c1C. The number of pyridine rings is 1. The van der Waals surface area contributed by atoms with Crippen LogP contribution in [0.4, 0.5) is 5.82 Å². The van der Waals surface area contributed by atoms with Gasteiger partial charge in [-0.2, -0.15) is 0 Å². The molecular formula is C28H28N2O3. The normalized spacial score (nSPS) is 11.6. The van der Waals surface area contributed by atoms with E-state index in [2.05, 4.69) is 47.6 Å². The highest BCUT2D eigenvalue weighted by molar-refractivity contribution is 6.05. The molecule has 5 heteroatoms. The monoisotopic (exact) mass is 440 g/mol. The topological polar surface area (TPSA) is 64.4 Å². The third-order valence-electron chi connectivity index (χ3n) is 5.61. The second-order valence-corrected chi connectivity index (χ2v) is 8.18. The second kappa shape index (κ2) is 9.33. The first-order valence-electron chi connectivity index (χ1n) is 11.0. The summed E-state index contributed by atoms with van der Waals surface area (Å²) >= 11 is 0. The van der Waals surface area contributed by atoms with Gasteiger partial charge in [0.25, 0.3) is 0 Å². The predicted molar refractivity (Wildman–Crippen MR) is 134 cm³/mol. The Bertz CT molecular complexity index is 1350. The van der Waals surface area contributed by atoms with Crippen LogP contribution in [0.25, 0.3) is 27.7 Å². The smallest absolute Gasteiger partial charge is 0.249 e. The standard InChI is InChI=1S/C28H28N2O3/c1-6-32-27-20(5)28-23(24(16-33-28)21-12-10-17(2)11-13-21)15-22(27)18(3)14-26(31)30-25-9-7-8-19(4)29-25/h7-16H,6H2,1-5H3,(H,29,30,31)/b18-14+. The number of ether oxygens (including phenoxy) is 1. The molecule has 1 N–H and O–H groups in total. The Hall–Kier alpha value is -3.86. The maximum absolute atomic E-state index is 12.7. The predicted octanol–water partition coefficient (Wildman–Crippen LogP) is 6.86. The van der Waals surface area contributed by atoms with Gasteiger partial charge in [0.2, 0.25) is 5.91 Å². The van der Waals surface area contributed by atoms with Crippen LogP contribution in [0.2, 0.25) is 0 Å². The van der Waals surface area contributed by atoms with Gasteiger partial charge in [0, 0.05) is 33.8 Å². The number of hydrogen-bond acceptors (Lipinski definition) is 4. The molecule has 0 fully saturated rings. The fraction of sp³-hybridized carbons (Fsp3) is 0.214. The van der Waals surface area contributed by atoms with Gasteiger partial charge in [0.05, 0.1) is 12.9 Å². The summed E-state index contributed by atoms with van der Waals surface area (Å²) in [6.45, 7) is 10.3. The number of hydrogen-bond donors (Lipinski definition) is 1. The van der Waals surface area contributed by atoms with E-state index in [1.165, 1.54) is 5.56 Å². The van der Waals surface area contributed by atoms with Crippen LogP contribution in [0.3, 0.4) is 0 Å². The lowest BCUT2D eigenvalue weighted by Crippen LogP contribution is -2.10. The van der Waals surface area contributed by atoms with Gasteiger partial charge >= 0.3 is 0 Å². The summed E-state index contributed by atoms with van der Waals surface area (Å²) in [6.07, 6.45) is 3.37. The van der Waals surface area contributed by atoms with E-state index in [9.17, 15) is 4.79 Å². The number of amides is 1. The molecule has 33 heavy (non-hydrogen) atoms. The summed E-state index contributed by atoms with van der Waals surface area (Å²) in [5, 5.41) is 3.83. The first-order valence-corrected chi connectivity index (χ1v) is 11.0. The second-order valence-electron chi connectivity index (χ2n) is 8.18. The third-order valence-corrected chi connectivity index (χ3v) is 5.61. The molecule has 168 valence electrons. The molecule has 0 radical (unpaired) electrons. The molecule has 0 aliphatic carbocycles. The van der Waals surface area contributed by atoms with E-state index < -0.39 is 0 Å². The average Bonchev–Trinajstić information content (AvgIpc) is 3.20. The fourth-order valence-electron chi connectivity index (χ4n) is 3.95. The zero-order chi connectivity index (χ0) is 23.5. The molecule has 0 unspecified atom stereocenters. The van der Waals surface area contributed by atoms with E-state index in [1.807, 2.05) is 39.8 Å². The van der Waals surface area contributed by atoms with E-state index in [-0.39, 0.29) is 5.91 Å². The quantitative estimate of drug-likeness (QED) is 0.333. The first kappa shape index (κ1) is 22.3. The number of fused-ring (bicyclic) bond motifs is 1. The molecule has 0 aliphatic heterocycles. The highest BCUT2D eigenvalue weighted by Gasteiger charge is 2.19. The van der Waals surface area contributed by atoms with Crippen molar-refractivity contribution in [3.63, 3.8) is 0 Å². The highest BCUT2D eigenvalue weighted by Crippen LogP contribution is 2.40. The van der Waals surface area contributed by atoms with Crippen LogP contribution in [-0.2, 0) is 4.79 Å². The number of carbonyl (C=O) groups excluding carboxylic acids is 1. The first-order chi connectivity index (χ1) is 15.9. The number of aromatic nitrogens is 1. The van der Waals surface area contributed by atoms with E-state index in [4.69, 9.17) is 9.15 Å². The van der Waals surface area contributed by atoms with Crippen LogP contribution in [0.5, 0.6) is 5.75 Å². The fourth-order valence-corrected chi connectivity index (χ4v) is 3.95. The Morgan fingerprint density at radius 3 is 2.58 bits per heavy atom. The largest absolute Gasteiger partial charge is 0.493 e. The van der Waals surface area contributed by atoms with Crippen molar-refractivity contribution >= 4 is 28.3 Å². The zero-order valence-electron chi connectivity index (χ0n) is 19.7. The number of aryl methyl sites for hydroxylation is 3. The summed E-state index contributed by atoms with van der Waals surface area (Å²) in [6, 6.07) is 15.9. The molecule has 5 nitrogen and oxygen atoms in total. The number of anilines is 1. The highest BCUT2D eigenvalue weighted by atomic mass is 16.5. The van der Waals surface area contributed by atoms with Crippen molar-refractivity contribution in [3.05, 3.63) is 83.3 Å². The number of nitrogens with zero attached hydrogens (tertiary/aromatic N) is 1. The molecule has 0 atom stereocenters. The Kier molecular flexibility index (Phi) is 6.31. The van der Waals surface area contributed by atoms with Gasteiger partial charge in [-0.1, -0.05) is 35.9 Å². The van der Waals surface area contributed by atoms with Crippen molar-refractivity contribution in [2.45, 2.75) is 34.6 Å². The molecule has 0 saturated carbocycles. The van der Waals surface area contributed by atoms with E-state index >= 15 is 0 Å². The summed E-state index contributed by atoms with van der Waals surface area (Å²) in [5.41, 5.74) is 7.51. The minimum absolute atomic E-state index is 0.239. The molecular weight excluding hydrogens is 412 g/mol. The molecule has 0 spiro atoms.